The lowest BCUT2D eigenvalue weighted by Crippen LogP contribution is -2.34. The summed E-state index contributed by atoms with van der Waals surface area (Å²) in [5.41, 5.74) is 4.63. The fourth-order valence-corrected chi connectivity index (χ4v) is 2.76. The fraction of sp³-hybridized carbons (Fsp3) is 0.267. The monoisotopic (exact) mass is 273 g/mol. The van der Waals surface area contributed by atoms with Gasteiger partial charge in [-0.1, -0.05) is 18.2 Å². The van der Waals surface area contributed by atoms with Gasteiger partial charge < -0.3 is 4.74 Å². The molecule has 5 heteroatoms. The third-order valence-electron chi connectivity index (χ3n) is 3.67. The third kappa shape index (κ3) is 2.37. The van der Waals surface area contributed by atoms with E-state index >= 15 is 0 Å². The topological polar surface area (TPSA) is 60.2 Å². The molecule has 0 aliphatic carbocycles. The average molecular weight is 273 g/mol. The molecule has 0 saturated carbocycles. The summed E-state index contributed by atoms with van der Waals surface area (Å²) < 4.78 is 19.0. The molecule has 3 rings (SSSR count). The molecule has 2 aromatic rings. The highest BCUT2D eigenvalue weighted by Gasteiger charge is 2.29. The molecular formula is C15H16FN3O. The number of hydrazine groups is 1. The Hall–Kier alpha value is -1.98. The van der Waals surface area contributed by atoms with Gasteiger partial charge in [-0.15, -0.1) is 0 Å². The predicted octanol–water partition coefficient (Wildman–Crippen LogP) is 2.29. The molecule has 1 aromatic heterocycles. The number of hydrogen-bond acceptors (Lipinski definition) is 4. The van der Waals surface area contributed by atoms with Crippen LogP contribution in [-0.2, 0) is 0 Å². The van der Waals surface area contributed by atoms with Crippen molar-refractivity contribution < 1.29 is 9.13 Å². The number of hydrogen-bond donors (Lipinski definition) is 2. The molecule has 1 aliphatic rings. The van der Waals surface area contributed by atoms with Crippen molar-refractivity contribution in [3.8, 4) is 5.75 Å². The summed E-state index contributed by atoms with van der Waals surface area (Å²) in [4.78, 5) is 3.90. The third-order valence-corrected chi connectivity index (χ3v) is 3.67. The highest BCUT2D eigenvalue weighted by atomic mass is 19.1. The van der Waals surface area contributed by atoms with Crippen LogP contribution in [0.5, 0.6) is 5.75 Å². The van der Waals surface area contributed by atoms with E-state index in [2.05, 4.69) is 10.4 Å². The van der Waals surface area contributed by atoms with E-state index in [1.165, 1.54) is 12.3 Å². The van der Waals surface area contributed by atoms with Crippen LogP contribution < -0.4 is 16.0 Å². The lowest BCUT2D eigenvalue weighted by atomic mass is 9.84. The van der Waals surface area contributed by atoms with Gasteiger partial charge in [0.2, 0.25) is 0 Å². The summed E-state index contributed by atoms with van der Waals surface area (Å²) in [6.07, 6.45) is 3.66. The van der Waals surface area contributed by atoms with Gasteiger partial charge in [-0.2, -0.15) is 0 Å². The van der Waals surface area contributed by atoms with E-state index in [1.54, 1.807) is 6.20 Å². The van der Waals surface area contributed by atoms with E-state index in [1.807, 2.05) is 24.3 Å². The smallest absolute Gasteiger partial charge is 0.141 e. The second-order valence-electron chi connectivity index (χ2n) is 4.86. The van der Waals surface area contributed by atoms with Gasteiger partial charge >= 0.3 is 0 Å². The number of pyridine rings is 1. The quantitative estimate of drug-likeness (QED) is 0.665. The number of benzene rings is 1. The highest BCUT2D eigenvalue weighted by Crippen LogP contribution is 2.40. The molecule has 20 heavy (non-hydrogen) atoms. The number of nitrogens with zero attached hydrogens (tertiary/aromatic N) is 1. The average Bonchev–Trinajstić information content (AvgIpc) is 2.48. The van der Waals surface area contributed by atoms with E-state index in [4.69, 9.17) is 10.6 Å². The first-order valence-electron chi connectivity index (χ1n) is 6.58. The van der Waals surface area contributed by atoms with Crippen molar-refractivity contribution in [1.82, 2.24) is 10.4 Å². The first kappa shape index (κ1) is 13.0. The molecule has 0 fully saturated rings. The molecule has 2 atom stereocenters. The van der Waals surface area contributed by atoms with Crippen molar-refractivity contribution in [2.24, 2.45) is 5.84 Å². The Balaban J connectivity index is 1.99. The summed E-state index contributed by atoms with van der Waals surface area (Å²) in [7, 11) is 0. The first-order valence-corrected chi connectivity index (χ1v) is 6.58. The molecular weight excluding hydrogens is 257 g/mol. The Bertz CT molecular complexity index is 605. The molecule has 3 N–H and O–H groups in total. The Morgan fingerprint density at radius 3 is 3.00 bits per heavy atom. The minimum absolute atomic E-state index is 0.133. The minimum atomic E-state index is -0.358. The Morgan fingerprint density at radius 2 is 2.20 bits per heavy atom. The van der Waals surface area contributed by atoms with Crippen molar-refractivity contribution in [3.05, 3.63) is 59.7 Å². The Labute approximate surface area is 116 Å². The molecule has 4 nitrogen and oxygen atoms in total. The number of halogens is 1. The summed E-state index contributed by atoms with van der Waals surface area (Å²) in [5, 5.41) is 0. The van der Waals surface area contributed by atoms with Crippen LogP contribution in [0.2, 0.25) is 0 Å². The van der Waals surface area contributed by atoms with Gasteiger partial charge in [0, 0.05) is 12.1 Å². The van der Waals surface area contributed by atoms with Crippen LogP contribution in [0.3, 0.4) is 0 Å². The van der Waals surface area contributed by atoms with Gasteiger partial charge in [0.25, 0.3) is 0 Å². The largest absolute Gasteiger partial charge is 0.493 e. The summed E-state index contributed by atoms with van der Waals surface area (Å²) in [6, 6.07) is 9.15. The van der Waals surface area contributed by atoms with Crippen molar-refractivity contribution in [1.29, 1.82) is 0 Å². The van der Waals surface area contributed by atoms with Gasteiger partial charge in [0.05, 0.1) is 18.8 Å². The number of ether oxygens (including phenoxy) is 1. The second kappa shape index (κ2) is 5.56. The maximum absolute atomic E-state index is 13.4. The van der Waals surface area contributed by atoms with E-state index in [0.717, 1.165) is 23.3 Å². The second-order valence-corrected chi connectivity index (χ2v) is 4.86. The molecule has 0 radical (unpaired) electrons. The number of fused-ring (bicyclic) bond motifs is 1. The Morgan fingerprint density at radius 1 is 1.35 bits per heavy atom. The van der Waals surface area contributed by atoms with Gasteiger partial charge in [-0.25, -0.2) is 4.39 Å². The van der Waals surface area contributed by atoms with Crippen LogP contribution in [0.4, 0.5) is 4.39 Å². The number of rotatable bonds is 3. The van der Waals surface area contributed by atoms with Crippen molar-refractivity contribution in [2.45, 2.75) is 18.4 Å². The van der Waals surface area contributed by atoms with Crippen molar-refractivity contribution in [2.75, 3.05) is 6.61 Å². The van der Waals surface area contributed by atoms with Crippen LogP contribution in [-0.4, -0.2) is 11.6 Å². The highest BCUT2D eigenvalue weighted by molar-refractivity contribution is 5.40. The van der Waals surface area contributed by atoms with Gasteiger partial charge in [-0.05, 0) is 29.7 Å². The minimum Gasteiger partial charge on any atom is -0.493 e. The van der Waals surface area contributed by atoms with Crippen LogP contribution in [0.1, 0.15) is 29.5 Å². The van der Waals surface area contributed by atoms with E-state index in [9.17, 15) is 4.39 Å². The molecule has 104 valence electrons. The molecule has 0 amide bonds. The van der Waals surface area contributed by atoms with Crippen LogP contribution in [0.15, 0.2) is 42.7 Å². The number of aromatic nitrogens is 1. The van der Waals surface area contributed by atoms with Crippen LogP contribution in [0, 0.1) is 5.82 Å². The van der Waals surface area contributed by atoms with Gasteiger partial charge in [0.1, 0.15) is 11.6 Å². The lowest BCUT2D eigenvalue weighted by molar-refractivity contribution is 0.246. The lowest BCUT2D eigenvalue weighted by Gasteiger charge is -2.32. The molecule has 0 saturated heterocycles. The van der Waals surface area contributed by atoms with Gasteiger partial charge in [0.15, 0.2) is 0 Å². The van der Waals surface area contributed by atoms with Gasteiger partial charge in [-0.3, -0.25) is 16.3 Å². The number of para-hydroxylation sites is 1. The molecule has 0 bridgehead atoms. The van der Waals surface area contributed by atoms with Crippen LogP contribution >= 0.6 is 0 Å². The maximum atomic E-state index is 13.4. The zero-order chi connectivity index (χ0) is 13.9. The number of nitrogens with two attached hydrogens (primary N) is 1. The Kier molecular flexibility index (Phi) is 3.62. The zero-order valence-electron chi connectivity index (χ0n) is 10.9. The predicted molar refractivity (Wildman–Crippen MR) is 73.6 cm³/mol. The van der Waals surface area contributed by atoms with E-state index < -0.39 is 0 Å². The summed E-state index contributed by atoms with van der Waals surface area (Å²) >= 11 is 0. The fourth-order valence-electron chi connectivity index (χ4n) is 2.76. The standard InChI is InChI=1S/C15H16FN3O/c16-11-7-10(8-18-9-11)15(19-17)13-5-6-20-14-4-2-1-3-12(13)14/h1-4,7-9,13,15,19H,5-6,17H2. The molecule has 1 aromatic carbocycles. The SMILES string of the molecule is NNC(c1cncc(F)c1)C1CCOc2ccccc21. The summed E-state index contributed by atoms with van der Waals surface area (Å²) in [5.74, 6) is 6.35. The normalized spacial score (nSPS) is 19.0. The summed E-state index contributed by atoms with van der Waals surface area (Å²) in [6.45, 7) is 0.628. The van der Waals surface area contributed by atoms with E-state index in [0.29, 0.717) is 6.61 Å². The molecule has 2 unspecified atom stereocenters. The van der Waals surface area contributed by atoms with Crippen LogP contribution in [0.25, 0.3) is 0 Å². The van der Waals surface area contributed by atoms with E-state index in [-0.39, 0.29) is 17.8 Å². The zero-order valence-corrected chi connectivity index (χ0v) is 10.9. The van der Waals surface area contributed by atoms with Crippen molar-refractivity contribution in [3.63, 3.8) is 0 Å². The molecule has 2 heterocycles. The number of nitrogens with one attached hydrogen (secondary N) is 1. The molecule has 1 aliphatic heterocycles. The molecule has 0 spiro atoms. The first-order chi connectivity index (χ1) is 9.79. The maximum Gasteiger partial charge on any atom is 0.141 e. The van der Waals surface area contributed by atoms with Crippen molar-refractivity contribution >= 4 is 0 Å².